The number of aromatic nitrogens is 2. The first-order valence-corrected chi connectivity index (χ1v) is 10.8. The lowest BCUT2D eigenvalue weighted by Crippen LogP contribution is -2.05. The number of nitrogens with zero attached hydrogens (tertiary/aromatic N) is 2. The lowest BCUT2D eigenvalue weighted by Gasteiger charge is -2.07. The molecule has 3 aromatic rings. The normalized spacial score (nSPS) is 10.7. The van der Waals surface area contributed by atoms with Gasteiger partial charge in [-0.1, -0.05) is 19.8 Å². The number of carbonyl (C=O) groups is 2. The summed E-state index contributed by atoms with van der Waals surface area (Å²) in [7, 11) is 0. The van der Waals surface area contributed by atoms with Gasteiger partial charge in [-0.2, -0.15) is 0 Å². The number of carbonyl (C=O) groups excluding carboxylic acids is 2. The van der Waals surface area contributed by atoms with Gasteiger partial charge in [-0.3, -0.25) is 4.79 Å². The molecule has 2 aromatic heterocycles. The van der Waals surface area contributed by atoms with Gasteiger partial charge in [0.25, 0.3) is 0 Å². The van der Waals surface area contributed by atoms with E-state index in [4.69, 9.17) is 14.2 Å². The first-order valence-electron chi connectivity index (χ1n) is 9.93. The summed E-state index contributed by atoms with van der Waals surface area (Å²) >= 11 is 1.44. The van der Waals surface area contributed by atoms with E-state index in [1.165, 1.54) is 17.7 Å². The zero-order valence-corrected chi connectivity index (χ0v) is 17.9. The first-order chi connectivity index (χ1) is 14.6. The fourth-order valence-corrected chi connectivity index (χ4v) is 3.77. The predicted molar refractivity (Wildman–Crippen MR) is 114 cm³/mol. The quantitative estimate of drug-likeness (QED) is 0.320. The fraction of sp³-hybridized carbons (Fsp3) is 0.364. The van der Waals surface area contributed by atoms with E-state index in [-0.39, 0.29) is 18.5 Å². The van der Waals surface area contributed by atoms with Crippen molar-refractivity contribution >= 4 is 33.4 Å². The maximum atomic E-state index is 12.0. The molecule has 0 saturated heterocycles. The van der Waals surface area contributed by atoms with E-state index < -0.39 is 0 Å². The van der Waals surface area contributed by atoms with Crippen LogP contribution in [0.2, 0.25) is 0 Å². The van der Waals surface area contributed by atoms with Crippen LogP contribution in [-0.4, -0.2) is 28.5 Å². The maximum Gasteiger partial charge on any atom is 0.339 e. The van der Waals surface area contributed by atoms with Gasteiger partial charge in [0.15, 0.2) is 0 Å². The minimum atomic E-state index is -0.331. The first kappa shape index (κ1) is 21.7. The highest BCUT2D eigenvalue weighted by Gasteiger charge is 2.14. The largest absolute Gasteiger partial charge is 0.462 e. The molecule has 3 rings (SSSR count). The summed E-state index contributed by atoms with van der Waals surface area (Å²) in [5, 5.41) is 2.61. The minimum Gasteiger partial charge on any atom is -0.462 e. The molecule has 0 atom stereocenters. The smallest absolute Gasteiger partial charge is 0.339 e. The van der Waals surface area contributed by atoms with Gasteiger partial charge in [0.1, 0.15) is 18.7 Å². The van der Waals surface area contributed by atoms with Crippen molar-refractivity contribution in [2.45, 2.75) is 46.1 Å². The lowest BCUT2D eigenvalue weighted by molar-refractivity contribution is -0.145. The van der Waals surface area contributed by atoms with E-state index in [1.54, 1.807) is 24.4 Å². The Hall–Kier alpha value is -3.00. The summed E-state index contributed by atoms with van der Waals surface area (Å²) in [5.74, 6) is 0.372. The number of hydrogen-bond acceptors (Lipinski definition) is 8. The van der Waals surface area contributed by atoms with Gasteiger partial charge in [-0.05, 0) is 31.5 Å². The van der Waals surface area contributed by atoms with Crippen LogP contribution in [0.1, 0.15) is 55.6 Å². The summed E-state index contributed by atoms with van der Waals surface area (Å²) in [5.41, 5.74) is 1.11. The highest BCUT2D eigenvalue weighted by atomic mass is 32.1. The molecule has 158 valence electrons. The van der Waals surface area contributed by atoms with Crippen molar-refractivity contribution in [1.82, 2.24) is 9.97 Å². The summed E-state index contributed by atoms with van der Waals surface area (Å²) in [4.78, 5) is 32.0. The van der Waals surface area contributed by atoms with Crippen molar-refractivity contribution in [1.29, 1.82) is 0 Å². The van der Waals surface area contributed by atoms with Crippen molar-refractivity contribution in [2.75, 3.05) is 6.61 Å². The number of thiophene rings is 1. The Bertz CT molecular complexity index is 1020. The van der Waals surface area contributed by atoms with E-state index in [9.17, 15) is 9.59 Å². The van der Waals surface area contributed by atoms with E-state index in [0.717, 1.165) is 29.3 Å². The lowest BCUT2D eigenvalue weighted by atomic mass is 10.2. The molecule has 0 amide bonds. The second kappa shape index (κ2) is 10.7. The molecule has 0 spiro atoms. The molecule has 0 bridgehead atoms. The third-order valence-electron chi connectivity index (χ3n) is 4.33. The Labute approximate surface area is 179 Å². The molecule has 7 nitrogen and oxygen atoms in total. The van der Waals surface area contributed by atoms with Crippen molar-refractivity contribution < 1.29 is 23.8 Å². The van der Waals surface area contributed by atoms with Crippen molar-refractivity contribution in [3.63, 3.8) is 0 Å². The van der Waals surface area contributed by atoms with Gasteiger partial charge in [-0.15, -0.1) is 11.3 Å². The third kappa shape index (κ3) is 5.76. The Kier molecular flexibility index (Phi) is 7.73. The Morgan fingerprint density at radius 1 is 1.07 bits per heavy atom. The van der Waals surface area contributed by atoms with Crippen LogP contribution in [0.4, 0.5) is 0 Å². The molecule has 2 heterocycles. The minimum absolute atomic E-state index is 0.0801. The van der Waals surface area contributed by atoms with E-state index in [0.29, 0.717) is 35.9 Å². The van der Waals surface area contributed by atoms with Gasteiger partial charge in [-0.25, -0.2) is 14.8 Å². The number of fused-ring (bicyclic) bond motifs is 1. The average Bonchev–Trinajstić information content (AvgIpc) is 3.16. The highest BCUT2D eigenvalue weighted by molar-refractivity contribution is 7.17. The third-order valence-corrected chi connectivity index (χ3v) is 5.27. The summed E-state index contributed by atoms with van der Waals surface area (Å²) in [6, 6.07) is 7.08. The van der Waals surface area contributed by atoms with Crippen LogP contribution in [0.5, 0.6) is 11.6 Å². The van der Waals surface area contributed by atoms with Crippen molar-refractivity contribution in [3.8, 4) is 11.6 Å². The Morgan fingerprint density at radius 3 is 2.73 bits per heavy atom. The highest BCUT2D eigenvalue weighted by Crippen LogP contribution is 2.31. The topological polar surface area (TPSA) is 87.6 Å². The van der Waals surface area contributed by atoms with Crippen LogP contribution in [0.25, 0.3) is 10.1 Å². The zero-order chi connectivity index (χ0) is 21.3. The average molecular weight is 429 g/mol. The molecule has 0 N–H and O–H groups in total. The second-order valence-electron chi connectivity index (χ2n) is 6.60. The molecular weight excluding hydrogens is 404 g/mol. The molecule has 0 aliphatic heterocycles. The molecule has 0 fully saturated rings. The van der Waals surface area contributed by atoms with Crippen LogP contribution >= 0.6 is 11.3 Å². The van der Waals surface area contributed by atoms with Crippen molar-refractivity contribution in [2.24, 2.45) is 0 Å². The monoisotopic (exact) mass is 428 g/mol. The zero-order valence-electron chi connectivity index (χ0n) is 17.1. The molecule has 30 heavy (non-hydrogen) atoms. The van der Waals surface area contributed by atoms with Crippen LogP contribution < -0.4 is 4.74 Å². The molecule has 1 aromatic carbocycles. The van der Waals surface area contributed by atoms with Gasteiger partial charge in [0, 0.05) is 28.0 Å². The van der Waals surface area contributed by atoms with Gasteiger partial charge in [0.05, 0.1) is 17.9 Å². The summed E-state index contributed by atoms with van der Waals surface area (Å²) < 4.78 is 17.1. The van der Waals surface area contributed by atoms with Crippen LogP contribution in [0.3, 0.4) is 0 Å². The molecule has 0 aliphatic carbocycles. The number of rotatable bonds is 10. The van der Waals surface area contributed by atoms with Gasteiger partial charge >= 0.3 is 11.9 Å². The summed E-state index contributed by atoms with van der Waals surface area (Å²) in [6.07, 6.45) is 4.68. The fourth-order valence-electron chi connectivity index (χ4n) is 2.82. The SMILES string of the molecule is CCCCCC(=O)OCc1cc(Oc2ccc3c(C(=O)OCC)csc3c2)ncn1. The van der Waals surface area contributed by atoms with Gasteiger partial charge < -0.3 is 14.2 Å². The predicted octanol–water partition coefficient (Wildman–Crippen LogP) is 5.28. The van der Waals surface area contributed by atoms with E-state index >= 15 is 0 Å². The van der Waals surface area contributed by atoms with Crippen LogP contribution in [0.15, 0.2) is 36.0 Å². The van der Waals surface area contributed by atoms with Crippen molar-refractivity contribution in [3.05, 3.63) is 47.2 Å². The standard InChI is InChI=1S/C22H24N2O5S/c1-3-5-6-7-21(25)28-12-15-10-20(24-14-23-15)29-16-8-9-17-18(22(26)27-4-2)13-30-19(17)11-16/h8-11,13-14H,3-7,12H2,1-2H3. The number of hydrogen-bond donors (Lipinski definition) is 0. The summed E-state index contributed by atoms with van der Waals surface area (Å²) in [6.45, 7) is 4.28. The molecule has 8 heteroatoms. The van der Waals surface area contributed by atoms with E-state index in [1.807, 2.05) is 12.1 Å². The number of ether oxygens (including phenoxy) is 3. The molecule has 0 unspecified atom stereocenters. The maximum absolute atomic E-state index is 12.0. The van der Waals surface area contributed by atoms with Crippen LogP contribution in [-0.2, 0) is 20.9 Å². The molecular formula is C22H24N2O5S. The van der Waals surface area contributed by atoms with Crippen LogP contribution in [0, 0.1) is 0 Å². The number of benzene rings is 1. The Balaban J connectivity index is 1.63. The molecule has 0 radical (unpaired) electrons. The van der Waals surface area contributed by atoms with E-state index in [2.05, 4.69) is 16.9 Å². The molecule has 0 saturated carbocycles. The number of esters is 2. The van der Waals surface area contributed by atoms with Gasteiger partial charge in [0.2, 0.25) is 5.88 Å². The Morgan fingerprint density at radius 2 is 1.93 bits per heavy atom. The second-order valence-corrected chi connectivity index (χ2v) is 7.51. The number of unbranched alkanes of at least 4 members (excludes halogenated alkanes) is 2. The molecule has 0 aliphatic rings.